The number of amides is 1. The molecule has 9 nitrogen and oxygen atoms in total. The number of alkyl halides is 3. The molecule has 254 valence electrons. The lowest BCUT2D eigenvalue weighted by molar-refractivity contribution is -0.270. The van der Waals surface area contributed by atoms with Crippen molar-refractivity contribution in [3.05, 3.63) is 71.2 Å². The second-order valence-corrected chi connectivity index (χ2v) is 12.5. The zero-order valence-corrected chi connectivity index (χ0v) is 27.0. The highest BCUT2D eigenvalue weighted by Gasteiger charge is 2.57. The van der Waals surface area contributed by atoms with Crippen LogP contribution in [0.1, 0.15) is 75.5 Å². The number of aliphatic hydroxyl groups is 1. The minimum Gasteiger partial charge on any atom is -0.493 e. The van der Waals surface area contributed by atoms with Crippen LogP contribution in [0.2, 0.25) is 0 Å². The SMILES string of the molecule is CCCOc1ccc(C(=O)CCC(O)(c2cc3c(c(-c4ccc(F)cc4)n2)OCC3(C)NC(=O)OC(C)(C)C)C(F)(F)F)cc1OC. The maximum atomic E-state index is 14.9. The molecule has 0 spiro atoms. The van der Waals surface area contributed by atoms with Gasteiger partial charge in [0.25, 0.3) is 0 Å². The Morgan fingerprint density at radius 3 is 2.34 bits per heavy atom. The minimum absolute atomic E-state index is 0.0389. The molecule has 47 heavy (non-hydrogen) atoms. The third kappa shape index (κ3) is 7.78. The molecule has 1 aliphatic rings. The smallest absolute Gasteiger partial charge is 0.422 e. The van der Waals surface area contributed by atoms with Crippen molar-refractivity contribution in [2.75, 3.05) is 20.3 Å². The number of carbonyl (C=O) groups excluding carboxylic acids is 2. The summed E-state index contributed by atoms with van der Waals surface area (Å²) in [7, 11) is 1.37. The third-order valence-corrected chi connectivity index (χ3v) is 7.52. The van der Waals surface area contributed by atoms with Crippen LogP contribution in [0, 0.1) is 5.82 Å². The average molecular weight is 663 g/mol. The molecular formula is C34H38F4N2O7. The molecule has 0 aliphatic carbocycles. The fraction of sp³-hybridized carbons (Fsp3) is 0.441. The summed E-state index contributed by atoms with van der Waals surface area (Å²) >= 11 is 0. The Hall–Kier alpha value is -4.39. The zero-order valence-electron chi connectivity index (χ0n) is 27.0. The second-order valence-electron chi connectivity index (χ2n) is 12.5. The first-order chi connectivity index (χ1) is 21.9. The summed E-state index contributed by atoms with van der Waals surface area (Å²) in [5, 5.41) is 14.1. The predicted molar refractivity (Wildman–Crippen MR) is 164 cm³/mol. The van der Waals surface area contributed by atoms with Gasteiger partial charge in [-0.25, -0.2) is 14.2 Å². The molecule has 1 amide bonds. The number of benzene rings is 2. The van der Waals surface area contributed by atoms with Crippen LogP contribution in [0.3, 0.4) is 0 Å². The number of aromatic nitrogens is 1. The van der Waals surface area contributed by atoms with E-state index in [1.807, 2.05) is 6.92 Å². The van der Waals surface area contributed by atoms with Crippen molar-refractivity contribution < 1.29 is 51.2 Å². The van der Waals surface area contributed by atoms with Crippen molar-refractivity contribution in [1.29, 1.82) is 0 Å². The number of nitrogens with one attached hydrogen (secondary N) is 1. The van der Waals surface area contributed by atoms with Crippen LogP contribution < -0.4 is 19.5 Å². The number of hydrogen-bond donors (Lipinski definition) is 2. The van der Waals surface area contributed by atoms with E-state index in [9.17, 15) is 32.3 Å². The van der Waals surface area contributed by atoms with Gasteiger partial charge in [0, 0.05) is 23.1 Å². The molecule has 13 heteroatoms. The molecular weight excluding hydrogens is 624 g/mol. The van der Waals surface area contributed by atoms with Crippen molar-refractivity contribution in [1.82, 2.24) is 10.3 Å². The molecule has 0 fully saturated rings. The third-order valence-electron chi connectivity index (χ3n) is 7.52. The normalized spacial score (nSPS) is 17.3. The number of alkyl carbamates (subject to hydrolysis) is 1. The van der Waals surface area contributed by atoms with Crippen molar-refractivity contribution >= 4 is 11.9 Å². The van der Waals surface area contributed by atoms with Gasteiger partial charge in [0.2, 0.25) is 5.60 Å². The number of methoxy groups -OCH3 is 1. The number of pyridine rings is 1. The highest BCUT2D eigenvalue weighted by molar-refractivity contribution is 5.96. The number of halogens is 4. The number of ether oxygens (including phenoxy) is 4. The highest BCUT2D eigenvalue weighted by atomic mass is 19.4. The molecule has 3 aromatic rings. The summed E-state index contributed by atoms with van der Waals surface area (Å²) in [6, 6.07) is 10.1. The van der Waals surface area contributed by atoms with Gasteiger partial charge in [0.1, 0.15) is 29.3 Å². The van der Waals surface area contributed by atoms with Gasteiger partial charge in [-0.1, -0.05) is 6.92 Å². The Balaban J connectivity index is 1.77. The Morgan fingerprint density at radius 1 is 1.06 bits per heavy atom. The van der Waals surface area contributed by atoms with Gasteiger partial charge < -0.3 is 29.4 Å². The van der Waals surface area contributed by atoms with E-state index in [1.54, 1.807) is 20.8 Å². The van der Waals surface area contributed by atoms with Gasteiger partial charge in [0.15, 0.2) is 23.0 Å². The van der Waals surface area contributed by atoms with E-state index in [4.69, 9.17) is 18.9 Å². The van der Waals surface area contributed by atoms with Gasteiger partial charge in [-0.15, -0.1) is 0 Å². The molecule has 2 heterocycles. The Kier molecular flexibility index (Phi) is 10.1. The van der Waals surface area contributed by atoms with Crippen LogP contribution >= 0.6 is 0 Å². The Labute approximate surface area is 270 Å². The Morgan fingerprint density at radius 2 is 1.74 bits per heavy atom. The van der Waals surface area contributed by atoms with Crippen LogP contribution in [0.5, 0.6) is 17.2 Å². The van der Waals surface area contributed by atoms with Crippen LogP contribution in [0.4, 0.5) is 22.4 Å². The van der Waals surface area contributed by atoms with E-state index >= 15 is 0 Å². The molecule has 1 aromatic heterocycles. The standard InChI is InChI=1S/C34H38F4N2O7/c1-7-16-45-25-13-10-21(17-26(25)44-6)24(41)14-15-33(43,34(36,37)38)27-18-23-29(28(39-27)20-8-11-22(35)12-9-20)46-19-32(23,5)40-30(42)47-31(2,3)4/h8-13,17-18,43H,7,14-16,19H2,1-6H3,(H,40,42). The fourth-order valence-corrected chi connectivity index (χ4v) is 5.06. The molecule has 2 unspecified atom stereocenters. The number of carbonyl (C=O) groups is 2. The van der Waals surface area contributed by atoms with Crippen LogP contribution in [-0.2, 0) is 15.9 Å². The zero-order chi connectivity index (χ0) is 34.8. The maximum Gasteiger partial charge on any atom is 0.422 e. The lowest BCUT2D eigenvalue weighted by Gasteiger charge is -2.32. The molecule has 4 rings (SSSR count). The number of rotatable bonds is 11. The monoisotopic (exact) mass is 662 g/mol. The Bertz CT molecular complexity index is 1620. The molecule has 1 aliphatic heterocycles. The molecule has 0 radical (unpaired) electrons. The lowest BCUT2D eigenvalue weighted by atomic mass is 9.86. The number of Topliss-reactive ketones (excluding diaryl/α,β-unsaturated/α-hetero) is 1. The van der Waals surface area contributed by atoms with Gasteiger partial charge in [-0.2, -0.15) is 13.2 Å². The van der Waals surface area contributed by atoms with Crippen LogP contribution in [0.15, 0.2) is 48.5 Å². The van der Waals surface area contributed by atoms with Gasteiger partial charge in [-0.05, 0) is 89.1 Å². The molecule has 0 saturated carbocycles. The summed E-state index contributed by atoms with van der Waals surface area (Å²) < 4.78 is 80.5. The first kappa shape index (κ1) is 35.5. The summed E-state index contributed by atoms with van der Waals surface area (Å²) in [6.45, 7) is 8.58. The average Bonchev–Trinajstić information content (AvgIpc) is 3.32. The van der Waals surface area contributed by atoms with Gasteiger partial charge in [0.05, 0.1) is 19.4 Å². The summed E-state index contributed by atoms with van der Waals surface area (Å²) in [4.78, 5) is 30.1. The highest BCUT2D eigenvalue weighted by Crippen LogP contribution is 2.48. The molecule has 2 N–H and O–H groups in total. The van der Waals surface area contributed by atoms with Crippen LogP contribution in [0.25, 0.3) is 11.3 Å². The quantitative estimate of drug-likeness (QED) is 0.163. The van der Waals surface area contributed by atoms with Crippen LogP contribution in [-0.4, -0.2) is 54.1 Å². The number of nitrogens with zero attached hydrogens (tertiary/aromatic N) is 1. The van der Waals surface area contributed by atoms with E-state index in [0.717, 1.165) is 24.6 Å². The van der Waals surface area contributed by atoms with E-state index in [1.165, 1.54) is 44.4 Å². The van der Waals surface area contributed by atoms with Crippen molar-refractivity contribution in [3.8, 4) is 28.5 Å². The molecule has 0 saturated heterocycles. The first-order valence-electron chi connectivity index (χ1n) is 15.0. The van der Waals surface area contributed by atoms with Gasteiger partial charge >= 0.3 is 12.3 Å². The van der Waals surface area contributed by atoms with E-state index in [-0.39, 0.29) is 40.5 Å². The minimum atomic E-state index is -5.29. The largest absolute Gasteiger partial charge is 0.493 e. The lowest BCUT2D eigenvalue weighted by Crippen LogP contribution is -2.47. The molecule has 2 aromatic carbocycles. The fourth-order valence-electron chi connectivity index (χ4n) is 5.06. The molecule has 0 bridgehead atoms. The van der Waals surface area contributed by atoms with Crippen molar-refractivity contribution in [3.63, 3.8) is 0 Å². The van der Waals surface area contributed by atoms with E-state index in [0.29, 0.717) is 12.4 Å². The number of hydrogen-bond acceptors (Lipinski definition) is 8. The topological polar surface area (TPSA) is 116 Å². The predicted octanol–water partition coefficient (Wildman–Crippen LogP) is 7.23. The summed E-state index contributed by atoms with van der Waals surface area (Å²) in [5.41, 5.74) is -6.51. The number of ketones is 1. The summed E-state index contributed by atoms with van der Waals surface area (Å²) in [6.07, 6.45) is -7.22. The summed E-state index contributed by atoms with van der Waals surface area (Å²) in [5.74, 6) is -0.634. The molecule has 2 atom stereocenters. The van der Waals surface area contributed by atoms with Gasteiger partial charge in [-0.3, -0.25) is 4.79 Å². The maximum absolute atomic E-state index is 14.9. The first-order valence-corrected chi connectivity index (χ1v) is 15.0. The second kappa shape index (κ2) is 13.4. The van der Waals surface area contributed by atoms with Crippen molar-refractivity contribution in [2.45, 2.75) is 76.8 Å². The number of fused-ring (bicyclic) bond motifs is 1. The van der Waals surface area contributed by atoms with E-state index in [2.05, 4.69) is 10.3 Å². The van der Waals surface area contributed by atoms with Crippen molar-refractivity contribution in [2.24, 2.45) is 0 Å². The van der Waals surface area contributed by atoms with E-state index < -0.39 is 59.1 Å².